The minimum atomic E-state index is -0.547. The van der Waals surface area contributed by atoms with Gasteiger partial charge in [0.2, 0.25) is 5.88 Å². The van der Waals surface area contributed by atoms with E-state index in [1.165, 1.54) is 7.11 Å². The summed E-state index contributed by atoms with van der Waals surface area (Å²) in [6, 6.07) is 1.62. The van der Waals surface area contributed by atoms with Crippen molar-refractivity contribution in [2.24, 2.45) is 5.73 Å². The van der Waals surface area contributed by atoms with Crippen LogP contribution in [0.3, 0.4) is 0 Å². The molecule has 0 aliphatic carbocycles. The second-order valence-corrected chi connectivity index (χ2v) is 2.68. The van der Waals surface area contributed by atoms with Crippen LogP contribution in [0.25, 0.3) is 0 Å². The maximum absolute atomic E-state index is 11.0. The highest BCUT2D eigenvalue weighted by molar-refractivity contribution is 5.95. The van der Waals surface area contributed by atoms with Gasteiger partial charge in [0.05, 0.1) is 19.0 Å². The number of nitrogens with one attached hydrogen (secondary N) is 1. The zero-order valence-electron chi connectivity index (χ0n) is 8.20. The lowest BCUT2D eigenvalue weighted by Gasteiger charge is -2.07. The number of pyridine rings is 1. The first-order valence-corrected chi connectivity index (χ1v) is 4.26. The van der Waals surface area contributed by atoms with Crippen LogP contribution in [-0.2, 0) is 0 Å². The number of carbonyl (C=O) groups is 1. The smallest absolute Gasteiger partial charge is 0.254 e. The topological polar surface area (TPSA) is 77.2 Å². The molecule has 0 saturated heterocycles. The van der Waals surface area contributed by atoms with Crippen molar-refractivity contribution in [3.63, 3.8) is 0 Å². The Morgan fingerprint density at radius 3 is 2.93 bits per heavy atom. The zero-order chi connectivity index (χ0) is 10.6. The molecule has 0 radical (unpaired) electrons. The number of hydrogen-bond acceptors (Lipinski definition) is 4. The number of methoxy groups -OCH3 is 1. The molecule has 1 aromatic heterocycles. The molecule has 14 heavy (non-hydrogen) atoms. The van der Waals surface area contributed by atoms with Gasteiger partial charge in [-0.1, -0.05) is 0 Å². The van der Waals surface area contributed by atoms with Crippen molar-refractivity contribution in [2.75, 3.05) is 19.0 Å². The summed E-state index contributed by atoms with van der Waals surface area (Å²) in [5.74, 6) is -0.298. The van der Waals surface area contributed by atoms with E-state index >= 15 is 0 Å². The molecule has 0 spiro atoms. The molecule has 0 aromatic carbocycles. The average Bonchev–Trinajstić information content (AvgIpc) is 2.18. The third kappa shape index (κ3) is 2.12. The minimum absolute atomic E-state index is 0.249. The molecule has 3 N–H and O–H groups in total. The SMILES string of the molecule is CCNc1cnc(OC)c(C(N)=O)c1. The van der Waals surface area contributed by atoms with Crippen molar-refractivity contribution in [1.82, 2.24) is 4.98 Å². The van der Waals surface area contributed by atoms with Gasteiger partial charge in [0.15, 0.2) is 0 Å². The van der Waals surface area contributed by atoms with Crippen LogP contribution in [0.1, 0.15) is 17.3 Å². The first-order chi connectivity index (χ1) is 6.69. The molecule has 76 valence electrons. The second kappa shape index (κ2) is 4.45. The molecule has 1 rings (SSSR count). The van der Waals surface area contributed by atoms with Gasteiger partial charge in [-0.15, -0.1) is 0 Å². The quantitative estimate of drug-likeness (QED) is 0.738. The molecule has 5 nitrogen and oxygen atoms in total. The van der Waals surface area contributed by atoms with Crippen molar-refractivity contribution in [3.8, 4) is 5.88 Å². The Morgan fingerprint density at radius 2 is 2.43 bits per heavy atom. The van der Waals surface area contributed by atoms with E-state index in [-0.39, 0.29) is 11.4 Å². The Balaban J connectivity index is 3.07. The molecule has 1 heterocycles. The summed E-state index contributed by atoms with van der Waals surface area (Å²) in [6.07, 6.45) is 1.59. The fourth-order valence-electron chi connectivity index (χ4n) is 1.09. The molecule has 0 aliphatic rings. The number of aromatic nitrogens is 1. The Morgan fingerprint density at radius 1 is 1.71 bits per heavy atom. The van der Waals surface area contributed by atoms with Gasteiger partial charge in [-0.05, 0) is 13.0 Å². The van der Waals surface area contributed by atoms with Crippen molar-refractivity contribution >= 4 is 11.6 Å². The van der Waals surface area contributed by atoms with E-state index in [1.54, 1.807) is 12.3 Å². The molecule has 0 bridgehead atoms. The summed E-state index contributed by atoms with van der Waals surface area (Å²) in [7, 11) is 1.45. The molecule has 0 fully saturated rings. The third-order valence-electron chi connectivity index (χ3n) is 1.69. The molecule has 0 atom stereocenters. The van der Waals surface area contributed by atoms with Gasteiger partial charge in [0.25, 0.3) is 5.91 Å². The average molecular weight is 195 g/mol. The monoisotopic (exact) mass is 195 g/mol. The van der Waals surface area contributed by atoms with Crippen molar-refractivity contribution < 1.29 is 9.53 Å². The number of anilines is 1. The third-order valence-corrected chi connectivity index (χ3v) is 1.69. The van der Waals surface area contributed by atoms with Crippen molar-refractivity contribution in [2.45, 2.75) is 6.92 Å². The van der Waals surface area contributed by atoms with Crippen molar-refractivity contribution in [1.29, 1.82) is 0 Å². The molecule has 1 amide bonds. The molecular weight excluding hydrogens is 182 g/mol. The lowest BCUT2D eigenvalue weighted by Crippen LogP contribution is -2.14. The highest BCUT2D eigenvalue weighted by atomic mass is 16.5. The van der Waals surface area contributed by atoms with Gasteiger partial charge in [-0.3, -0.25) is 4.79 Å². The first kappa shape index (κ1) is 10.3. The summed E-state index contributed by atoms with van der Waals surface area (Å²) in [4.78, 5) is 15.0. The van der Waals surface area contributed by atoms with Crippen LogP contribution in [0.15, 0.2) is 12.3 Å². The summed E-state index contributed by atoms with van der Waals surface area (Å²) in [6.45, 7) is 2.71. The Bertz CT molecular complexity index is 339. The molecule has 5 heteroatoms. The van der Waals surface area contributed by atoms with Gasteiger partial charge < -0.3 is 15.8 Å². The van der Waals surface area contributed by atoms with Crippen LogP contribution >= 0.6 is 0 Å². The number of primary amides is 1. The van der Waals surface area contributed by atoms with Crippen LogP contribution in [0, 0.1) is 0 Å². The van der Waals surface area contributed by atoms with E-state index in [9.17, 15) is 4.79 Å². The summed E-state index contributed by atoms with van der Waals surface area (Å²) >= 11 is 0. The van der Waals surface area contributed by atoms with E-state index in [2.05, 4.69) is 10.3 Å². The summed E-state index contributed by atoms with van der Waals surface area (Å²) in [5.41, 5.74) is 6.20. The highest BCUT2D eigenvalue weighted by Gasteiger charge is 2.10. The van der Waals surface area contributed by atoms with Gasteiger partial charge in [0.1, 0.15) is 5.56 Å². The Hall–Kier alpha value is -1.78. The Kier molecular flexibility index (Phi) is 3.28. The van der Waals surface area contributed by atoms with Crippen LogP contribution in [0.4, 0.5) is 5.69 Å². The van der Waals surface area contributed by atoms with Gasteiger partial charge in [-0.25, -0.2) is 4.98 Å². The van der Waals surface area contributed by atoms with E-state index in [1.807, 2.05) is 6.92 Å². The van der Waals surface area contributed by atoms with Gasteiger partial charge >= 0.3 is 0 Å². The predicted octanol–water partition coefficient (Wildman–Crippen LogP) is 0.621. The van der Waals surface area contributed by atoms with Crippen LogP contribution < -0.4 is 15.8 Å². The fraction of sp³-hybridized carbons (Fsp3) is 0.333. The van der Waals surface area contributed by atoms with E-state index < -0.39 is 5.91 Å². The number of carbonyl (C=O) groups excluding carboxylic acids is 1. The van der Waals surface area contributed by atoms with E-state index in [0.717, 1.165) is 12.2 Å². The highest BCUT2D eigenvalue weighted by Crippen LogP contribution is 2.18. The van der Waals surface area contributed by atoms with Crippen LogP contribution in [-0.4, -0.2) is 24.5 Å². The number of amides is 1. The molecule has 0 aliphatic heterocycles. The molecular formula is C9H13N3O2. The number of rotatable bonds is 4. The van der Waals surface area contributed by atoms with Crippen LogP contribution in [0.5, 0.6) is 5.88 Å². The number of hydrogen-bond donors (Lipinski definition) is 2. The molecule has 0 saturated carbocycles. The molecule has 0 unspecified atom stereocenters. The first-order valence-electron chi connectivity index (χ1n) is 4.26. The normalized spacial score (nSPS) is 9.57. The fourth-order valence-corrected chi connectivity index (χ4v) is 1.09. The summed E-state index contributed by atoms with van der Waals surface area (Å²) < 4.78 is 4.90. The number of ether oxygens (including phenoxy) is 1. The lowest BCUT2D eigenvalue weighted by atomic mass is 10.2. The number of nitrogens with zero attached hydrogens (tertiary/aromatic N) is 1. The lowest BCUT2D eigenvalue weighted by molar-refractivity contribution is 0.0996. The van der Waals surface area contributed by atoms with E-state index in [4.69, 9.17) is 10.5 Å². The summed E-state index contributed by atoms with van der Waals surface area (Å²) in [5, 5.41) is 3.03. The van der Waals surface area contributed by atoms with Gasteiger partial charge in [-0.2, -0.15) is 0 Å². The maximum Gasteiger partial charge on any atom is 0.254 e. The number of nitrogens with two attached hydrogens (primary N) is 1. The van der Waals surface area contributed by atoms with Gasteiger partial charge in [0, 0.05) is 6.54 Å². The Labute approximate surface area is 82.3 Å². The molecule has 1 aromatic rings. The van der Waals surface area contributed by atoms with E-state index in [0.29, 0.717) is 0 Å². The standard InChI is InChI=1S/C9H13N3O2/c1-3-11-6-4-7(8(10)13)9(14-2)12-5-6/h4-5,11H,3H2,1-2H3,(H2,10,13). The predicted molar refractivity (Wildman–Crippen MR) is 53.5 cm³/mol. The zero-order valence-corrected chi connectivity index (χ0v) is 8.20. The largest absolute Gasteiger partial charge is 0.480 e. The maximum atomic E-state index is 11.0. The second-order valence-electron chi connectivity index (χ2n) is 2.68. The minimum Gasteiger partial charge on any atom is -0.480 e. The van der Waals surface area contributed by atoms with Crippen LogP contribution in [0.2, 0.25) is 0 Å². The van der Waals surface area contributed by atoms with Crippen molar-refractivity contribution in [3.05, 3.63) is 17.8 Å².